The van der Waals surface area contributed by atoms with Crippen molar-refractivity contribution in [2.24, 2.45) is 7.05 Å². The maximum absolute atomic E-state index is 12.2. The van der Waals surface area contributed by atoms with Crippen LogP contribution in [0.25, 0.3) is 0 Å². The van der Waals surface area contributed by atoms with Crippen LogP contribution in [0, 0.1) is 6.92 Å². The smallest absolute Gasteiger partial charge is 0.268 e. The average molecular weight is 340 g/mol. The van der Waals surface area contributed by atoms with Gasteiger partial charge in [0.05, 0.1) is 18.3 Å². The lowest BCUT2D eigenvalue weighted by Gasteiger charge is -2.33. The Hall–Kier alpha value is -2.63. The number of rotatable bonds is 4. The molecule has 6 heteroatoms. The van der Waals surface area contributed by atoms with Gasteiger partial charge in [-0.2, -0.15) is 5.10 Å². The first-order valence-electron chi connectivity index (χ1n) is 8.64. The third kappa shape index (κ3) is 4.47. The molecule has 1 saturated heterocycles. The zero-order valence-corrected chi connectivity index (χ0v) is 14.7. The van der Waals surface area contributed by atoms with Gasteiger partial charge in [-0.1, -0.05) is 29.8 Å². The zero-order valence-electron chi connectivity index (χ0n) is 14.7. The molecule has 1 aliphatic rings. The fourth-order valence-electron chi connectivity index (χ4n) is 3.08. The number of hydrogen-bond acceptors (Lipinski definition) is 4. The second kappa shape index (κ2) is 7.51. The summed E-state index contributed by atoms with van der Waals surface area (Å²) < 4.78 is 1.32. The van der Waals surface area contributed by atoms with Gasteiger partial charge in [0.1, 0.15) is 0 Å². The minimum Gasteiger partial charge on any atom is -0.370 e. The van der Waals surface area contributed by atoms with Gasteiger partial charge in [-0.3, -0.25) is 9.59 Å². The number of aryl methyl sites for hydroxylation is 2. The Kier molecular flexibility index (Phi) is 5.16. The van der Waals surface area contributed by atoms with Gasteiger partial charge >= 0.3 is 0 Å². The predicted molar refractivity (Wildman–Crippen MR) is 97.7 cm³/mol. The first-order valence-corrected chi connectivity index (χ1v) is 8.64. The molecule has 0 bridgehead atoms. The first-order chi connectivity index (χ1) is 12.0. The zero-order chi connectivity index (χ0) is 17.8. The number of amides is 1. The van der Waals surface area contributed by atoms with Crippen LogP contribution in [0.15, 0.2) is 41.3 Å². The Morgan fingerprint density at radius 2 is 1.92 bits per heavy atom. The summed E-state index contributed by atoms with van der Waals surface area (Å²) in [6.07, 6.45) is 3.88. The van der Waals surface area contributed by atoms with Crippen LogP contribution in [0.2, 0.25) is 0 Å². The molecule has 0 saturated carbocycles. The van der Waals surface area contributed by atoms with E-state index >= 15 is 0 Å². The molecule has 2 heterocycles. The van der Waals surface area contributed by atoms with E-state index in [9.17, 15) is 9.59 Å². The first kappa shape index (κ1) is 17.2. The van der Waals surface area contributed by atoms with Gasteiger partial charge in [0, 0.05) is 32.2 Å². The molecule has 3 rings (SSSR count). The molecular formula is C19H24N4O2. The minimum atomic E-state index is -0.106. The molecule has 1 amide bonds. The Morgan fingerprint density at radius 1 is 1.24 bits per heavy atom. The van der Waals surface area contributed by atoms with Crippen LogP contribution in [0.1, 0.15) is 24.0 Å². The normalized spacial score (nSPS) is 15.2. The fourth-order valence-corrected chi connectivity index (χ4v) is 3.08. The molecule has 0 unspecified atom stereocenters. The van der Waals surface area contributed by atoms with Crippen LogP contribution in [0.5, 0.6) is 0 Å². The van der Waals surface area contributed by atoms with E-state index in [0.29, 0.717) is 6.42 Å². The van der Waals surface area contributed by atoms with Crippen LogP contribution in [0.4, 0.5) is 5.69 Å². The highest BCUT2D eigenvalue weighted by Gasteiger charge is 2.21. The van der Waals surface area contributed by atoms with E-state index in [4.69, 9.17) is 0 Å². The molecule has 1 aromatic carbocycles. The monoisotopic (exact) mass is 340 g/mol. The maximum atomic E-state index is 12.2. The van der Waals surface area contributed by atoms with Gasteiger partial charge in [-0.25, -0.2) is 4.68 Å². The number of nitrogens with one attached hydrogen (secondary N) is 1. The lowest BCUT2D eigenvalue weighted by Crippen LogP contribution is -2.45. The number of piperidine rings is 1. The van der Waals surface area contributed by atoms with Crippen LogP contribution < -0.4 is 15.8 Å². The van der Waals surface area contributed by atoms with Crippen molar-refractivity contribution in [3.8, 4) is 0 Å². The van der Waals surface area contributed by atoms with Crippen LogP contribution >= 0.6 is 0 Å². The summed E-state index contributed by atoms with van der Waals surface area (Å²) in [5.41, 5.74) is 2.98. The lowest BCUT2D eigenvalue weighted by atomic mass is 10.0. The predicted octanol–water partition coefficient (Wildman–Crippen LogP) is 1.42. The second-order valence-corrected chi connectivity index (χ2v) is 6.67. The highest BCUT2D eigenvalue weighted by atomic mass is 16.1. The van der Waals surface area contributed by atoms with Crippen LogP contribution in [-0.4, -0.2) is 34.8 Å². The third-order valence-corrected chi connectivity index (χ3v) is 4.66. The molecule has 0 aliphatic carbocycles. The third-order valence-electron chi connectivity index (χ3n) is 4.66. The van der Waals surface area contributed by atoms with E-state index in [1.165, 1.54) is 10.2 Å². The van der Waals surface area contributed by atoms with Crippen molar-refractivity contribution >= 4 is 11.6 Å². The number of anilines is 1. The lowest BCUT2D eigenvalue weighted by molar-refractivity contribution is -0.121. The van der Waals surface area contributed by atoms with Crippen molar-refractivity contribution in [1.82, 2.24) is 15.1 Å². The highest BCUT2D eigenvalue weighted by Crippen LogP contribution is 2.17. The summed E-state index contributed by atoms with van der Waals surface area (Å²) in [6, 6.07) is 9.86. The molecule has 0 spiro atoms. The van der Waals surface area contributed by atoms with Gasteiger partial charge < -0.3 is 10.2 Å². The Labute approximate surface area is 147 Å². The summed E-state index contributed by atoms with van der Waals surface area (Å²) in [6.45, 7) is 3.66. The van der Waals surface area contributed by atoms with Gasteiger partial charge in [0.25, 0.3) is 5.56 Å². The molecule has 0 radical (unpaired) electrons. The number of nitrogens with zero attached hydrogens (tertiary/aromatic N) is 3. The van der Waals surface area contributed by atoms with Crippen LogP contribution in [-0.2, 0) is 18.3 Å². The Balaban J connectivity index is 1.50. The topological polar surface area (TPSA) is 67.2 Å². The van der Waals surface area contributed by atoms with Crippen molar-refractivity contribution in [2.45, 2.75) is 32.2 Å². The largest absolute Gasteiger partial charge is 0.370 e. The van der Waals surface area contributed by atoms with E-state index in [0.717, 1.165) is 37.2 Å². The van der Waals surface area contributed by atoms with Gasteiger partial charge in [-0.05, 0) is 25.3 Å². The molecule has 0 atom stereocenters. The number of hydrogen-bond donors (Lipinski definition) is 1. The fraction of sp³-hybridized carbons (Fsp3) is 0.421. The summed E-state index contributed by atoms with van der Waals surface area (Å²) in [7, 11) is 1.64. The summed E-state index contributed by atoms with van der Waals surface area (Å²) in [5.74, 6) is 0.0672. The molecule has 132 valence electrons. The molecule has 2 aromatic rings. The summed E-state index contributed by atoms with van der Waals surface area (Å²) in [4.78, 5) is 26.1. The molecule has 1 N–H and O–H groups in total. The Morgan fingerprint density at radius 3 is 2.56 bits per heavy atom. The van der Waals surface area contributed by atoms with Crippen molar-refractivity contribution in [3.05, 3.63) is 58.0 Å². The van der Waals surface area contributed by atoms with Gasteiger partial charge in [0.15, 0.2) is 0 Å². The number of carbonyl (C=O) groups is 1. The highest BCUT2D eigenvalue weighted by molar-refractivity contribution is 5.78. The SMILES string of the molecule is Cc1ccc(CC(=O)NC2CCN(c3cnn(C)c(=O)c3)CC2)cc1. The van der Waals surface area contributed by atoms with Crippen molar-refractivity contribution in [1.29, 1.82) is 0 Å². The van der Waals surface area contributed by atoms with Crippen LogP contribution in [0.3, 0.4) is 0 Å². The summed E-state index contributed by atoms with van der Waals surface area (Å²) in [5, 5.41) is 7.19. The molecule has 1 aromatic heterocycles. The van der Waals surface area contributed by atoms with Gasteiger partial charge in [-0.15, -0.1) is 0 Å². The molecule has 1 aliphatic heterocycles. The number of aromatic nitrogens is 2. The van der Waals surface area contributed by atoms with E-state index < -0.39 is 0 Å². The van der Waals surface area contributed by atoms with E-state index in [2.05, 4.69) is 15.3 Å². The quantitative estimate of drug-likeness (QED) is 0.914. The number of benzene rings is 1. The standard InChI is InChI=1S/C19H24N4O2/c1-14-3-5-15(6-4-14)11-18(24)21-16-7-9-23(10-8-16)17-12-19(25)22(2)20-13-17/h3-6,12-13,16H,7-11H2,1-2H3,(H,21,24). The molecule has 6 nitrogen and oxygen atoms in total. The van der Waals surface area contributed by atoms with Crippen molar-refractivity contribution in [3.63, 3.8) is 0 Å². The van der Waals surface area contributed by atoms with Crippen molar-refractivity contribution < 1.29 is 4.79 Å². The van der Waals surface area contributed by atoms with E-state index in [1.807, 2.05) is 31.2 Å². The maximum Gasteiger partial charge on any atom is 0.268 e. The molecule has 1 fully saturated rings. The van der Waals surface area contributed by atoms with Gasteiger partial charge in [0.2, 0.25) is 5.91 Å². The minimum absolute atomic E-state index is 0.0672. The van der Waals surface area contributed by atoms with E-state index in [1.54, 1.807) is 19.3 Å². The number of carbonyl (C=O) groups excluding carboxylic acids is 1. The average Bonchev–Trinajstić information content (AvgIpc) is 2.60. The van der Waals surface area contributed by atoms with Crippen molar-refractivity contribution in [2.75, 3.05) is 18.0 Å². The molecule has 25 heavy (non-hydrogen) atoms. The molecular weight excluding hydrogens is 316 g/mol. The Bertz CT molecular complexity index is 790. The van der Waals surface area contributed by atoms with E-state index in [-0.39, 0.29) is 17.5 Å². The second-order valence-electron chi connectivity index (χ2n) is 6.67. The summed E-state index contributed by atoms with van der Waals surface area (Å²) >= 11 is 0.